The quantitative estimate of drug-likeness (QED) is 0.914. The second-order valence-electron chi connectivity index (χ2n) is 4.61. The highest BCUT2D eigenvalue weighted by atomic mass is 35.5. The molecule has 2 aromatic rings. The minimum Gasteiger partial charge on any atom is -0.372 e. The molecule has 0 saturated carbocycles. The number of nitrogens with one attached hydrogen (secondary N) is 1. The lowest BCUT2D eigenvalue weighted by molar-refractivity contribution is 0.00319. The maximum absolute atomic E-state index is 12.0. The van der Waals surface area contributed by atoms with Gasteiger partial charge in [-0.25, -0.2) is 0 Å². The minimum absolute atomic E-state index is 0.0923. The number of hydrogen-bond acceptors (Lipinski definition) is 3. The fraction of sp³-hybridized carbons (Fsp3) is 0.267. The molecule has 1 aromatic heterocycles. The molecule has 0 spiro atoms. The number of methoxy groups -OCH3 is 1. The predicted octanol–water partition coefficient (Wildman–Crippen LogP) is 3.69. The van der Waals surface area contributed by atoms with Gasteiger partial charge in [-0.05, 0) is 36.1 Å². The molecule has 1 N–H and O–H groups in total. The van der Waals surface area contributed by atoms with E-state index in [0.717, 1.165) is 5.56 Å². The van der Waals surface area contributed by atoms with Crippen molar-refractivity contribution in [3.63, 3.8) is 0 Å². The van der Waals surface area contributed by atoms with E-state index in [1.165, 1.54) is 11.3 Å². The second-order valence-corrected chi connectivity index (χ2v) is 5.99. The summed E-state index contributed by atoms with van der Waals surface area (Å²) in [4.78, 5) is 12.7. The minimum atomic E-state index is -0.613. The molecule has 0 aliphatic heterocycles. The average molecular weight is 310 g/mol. The van der Waals surface area contributed by atoms with Crippen molar-refractivity contribution in [1.82, 2.24) is 5.32 Å². The number of benzene rings is 1. The summed E-state index contributed by atoms with van der Waals surface area (Å²) in [5.41, 5.74) is 0.316. The summed E-state index contributed by atoms with van der Waals surface area (Å²) in [7, 11) is 1.62. The normalized spacial score (nSPS) is 13.8. The van der Waals surface area contributed by atoms with E-state index < -0.39 is 5.60 Å². The first-order chi connectivity index (χ1) is 9.55. The summed E-state index contributed by atoms with van der Waals surface area (Å²) in [5, 5.41) is 5.42. The lowest BCUT2D eigenvalue weighted by atomic mass is 9.95. The highest BCUT2D eigenvalue weighted by Gasteiger charge is 2.27. The summed E-state index contributed by atoms with van der Waals surface area (Å²) in [6.07, 6.45) is 0. The van der Waals surface area contributed by atoms with Crippen LogP contribution in [0.2, 0.25) is 5.02 Å². The predicted molar refractivity (Wildman–Crippen MR) is 82.5 cm³/mol. The van der Waals surface area contributed by atoms with Crippen LogP contribution < -0.4 is 5.32 Å². The molecule has 0 aliphatic rings. The Balaban J connectivity index is 2.10. The van der Waals surface area contributed by atoms with Gasteiger partial charge in [0.15, 0.2) is 0 Å². The highest BCUT2D eigenvalue weighted by Crippen LogP contribution is 2.26. The number of ether oxygens (including phenoxy) is 1. The van der Waals surface area contributed by atoms with E-state index in [4.69, 9.17) is 16.3 Å². The summed E-state index contributed by atoms with van der Waals surface area (Å²) >= 11 is 7.42. The first-order valence-electron chi connectivity index (χ1n) is 6.18. The van der Waals surface area contributed by atoms with E-state index in [2.05, 4.69) is 5.32 Å². The number of halogens is 1. The molecule has 106 valence electrons. The number of carbonyl (C=O) groups excluding carboxylic acids is 1. The van der Waals surface area contributed by atoms with Crippen molar-refractivity contribution in [2.45, 2.75) is 12.5 Å². The van der Waals surface area contributed by atoms with Gasteiger partial charge in [0, 0.05) is 12.1 Å². The largest absolute Gasteiger partial charge is 0.372 e. The van der Waals surface area contributed by atoms with Crippen LogP contribution >= 0.6 is 22.9 Å². The molecule has 1 heterocycles. The monoisotopic (exact) mass is 309 g/mol. The van der Waals surface area contributed by atoms with Gasteiger partial charge in [-0.3, -0.25) is 4.79 Å². The third-order valence-electron chi connectivity index (χ3n) is 3.22. The van der Waals surface area contributed by atoms with Gasteiger partial charge in [0.2, 0.25) is 0 Å². The lowest BCUT2D eigenvalue weighted by Gasteiger charge is -2.29. The van der Waals surface area contributed by atoms with Gasteiger partial charge in [-0.2, -0.15) is 0 Å². The molecule has 1 atom stereocenters. The van der Waals surface area contributed by atoms with Gasteiger partial charge >= 0.3 is 0 Å². The van der Waals surface area contributed by atoms with Gasteiger partial charge < -0.3 is 10.1 Å². The Hall–Kier alpha value is -1.36. The van der Waals surface area contributed by atoms with Crippen LogP contribution in [0.3, 0.4) is 0 Å². The molecule has 2 rings (SSSR count). The van der Waals surface area contributed by atoms with Crippen LogP contribution in [0.15, 0.2) is 41.8 Å². The molecule has 0 saturated heterocycles. The van der Waals surface area contributed by atoms with E-state index >= 15 is 0 Å². The number of hydrogen-bond donors (Lipinski definition) is 1. The molecule has 0 fully saturated rings. The van der Waals surface area contributed by atoms with Crippen molar-refractivity contribution in [3.8, 4) is 0 Å². The molecule has 20 heavy (non-hydrogen) atoms. The zero-order valence-electron chi connectivity index (χ0n) is 11.4. The SMILES string of the molecule is CO[C@](C)(CNC(=O)c1cccs1)c1cccc(Cl)c1. The average Bonchev–Trinajstić information content (AvgIpc) is 2.98. The topological polar surface area (TPSA) is 38.3 Å². The van der Waals surface area contributed by atoms with Crippen molar-refractivity contribution >= 4 is 28.8 Å². The van der Waals surface area contributed by atoms with Crippen LogP contribution in [0.25, 0.3) is 0 Å². The third-order valence-corrected chi connectivity index (χ3v) is 4.32. The van der Waals surface area contributed by atoms with E-state index in [1.807, 2.05) is 42.6 Å². The number of rotatable bonds is 5. The number of carbonyl (C=O) groups is 1. The van der Waals surface area contributed by atoms with E-state index in [9.17, 15) is 4.79 Å². The molecular formula is C15H16ClNO2S. The van der Waals surface area contributed by atoms with E-state index in [0.29, 0.717) is 16.4 Å². The summed E-state index contributed by atoms with van der Waals surface area (Å²) in [5.74, 6) is -0.0923. The molecule has 0 bridgehead atoms. The molecule has 0 unspecified atom stereocenters. The smallest absolute Gasteiger partial charge is 0.261 e. The molecule has 0 aliphatic carbocycles. The van der Waals surface area contributed by atoms with Gasteiger partial charge in [-0.15, -0.1) is 11.3 Å². The van der Waals surface area contributed by atoms with Gasteiger partial charge in [0.1, 0.15) is 5.60 Å². The van der Waals surface area contributed by atoms with Crippen LogP contribution in [0, 0.1) is 0 Å². The Morgan fingerprint density at radius 1 is 1.40 bits per heavy atom. The van der Waals surface area contributed by atoms with Crippen LogP contribution in [0.5, 0.6) is 0 Å². The van der Waals surface area contributed by atoms with Crippen molar-refractivity contribution in [2.75, 3.05) is 13.7 Å². The maximum atomic E-state index is 12.0. The molecule has 3 nitrogen and oxygen atoms in total. The van der Waals surface area contributed by atoms with Crippen molar-refractivity contribution in [1.29, 1.82) is 0 Å². The van der Waals surface area contributed by atoms with E-state index in [1.54, 1.807) is 13.2 Å². The van der Waals surface area contributed by atoms with Gasteiger partial charge in [0.05, 0.1) is 11.4 Å². The Morgan fingerprint density at radius 2 is 2.20 bits per heavy atom. The summed E-state index contributed by atoms with van der Waals surface area (Å²) in [6, 6.07) is 11.1. The van der Waals surface area contributed by atoms with Crippen LogP contribution in [0.4, 0.5) is 0 Å². The molecule has 1 amide bonds. The summed E-state index contributed by atoms with van der Waals surface area (Å²) in [6.45, 7) is 2.30. The maximum Gasteiger partial charge on any atom is 0.261 e. The summed E-state index contributed by atoms with van der Waals surface area (Å²) < 4.78 is 5.58. The molecule has 5 heteroatoms. The van der Waals surface area contributed by atoms with Gasteiger partial charge in [-0.1, -0.05) is 29.8 Å². The fourth-order valence-electron chi connectivity index (χ4n) is 1.85. The highest BCUT2D eigenvalue weighted by molar-refractivity contribution is 7.12. The van der Waals surface area contributed by atoms with Crippen molar-refractivity contribution in [3.05, 3.63) is 57.2 Å². The van der Waals surface area contributed by atoms with Gasteiger partial charge in [0.25, 0.3) is 5.91 Å². The standard InChI is InChI=1S/C15H16ClNO2S/c1-15(19-2,11-5-3-6-12(16)9-11)10-17-14(18)13-7-4-8-20-13/h3-9H,10H2,1-2H3,(H,17,18)/t15-/m1/s1. The molecule has 0 radical (unpaired) electrons. The van der Waals surface area contributed by atoms with Crippen molar-refractivity contribution < 1.29 is 9.53 Å². The number of thiophene rings is 1. The molecular weight excluding hydrogens is 294 g/mol. The Labute approximate surface area is 127 Å². The zero-order chi connectivity index (χ0) is 14.6. The zero-order valence-corrected chi connectivity index (χ0v) is 12.9. The Bertz CT molecular complexity index is 585. The second kappa shape index (κ2) is 6.39. The van der Waals surface area contributed by atoms with E-state index in [-0.39, 0.29) is 5.91 Å². The van der Waals surface area contributed by atoms with Crippen molar-refractivity contribution in [2.24, 2.45) is 0 Å². The fourth-order valence-corrected chi connectivity index (χ4v) is 2.68. The lowest BCUT2D eigenvalue weighted by Crippen LogP contribution is -2.39. The van der Waals surface area contributed by atoms with Crippen LogP contribution in [-0.2, 0) is 10.3 Å². The van der Waals surface area contributed by atoms with Crippen LogP contribution in [-0.4, -0.2) is 19.6 Å². The number of amides is 1. The van der Waals surface area contributed by atoms with Crippen LogP contribution in [0.1, 0.15) is 22.2 Å². The Kier molecular flexibility index (Phi) is 4.81. The Morgan fingerprint density at radius 3 is 2.80 bits per heavy atom. The first-order valence-corrected chi connectivity index (χ1v) is 7.44. The molecule has 1 aromatic carbocycles. The third kappa shape index (κ3) is 3.39. The first kappa shape index (κ1) is 15.0.